The van der Waals surface area contributed by atoms with Gasteiger partial charge < -0.3 is 4.98 Å². The van der Waals surface area contributed by atoms with Gasteiger partial charge in [-0.25, -0.2) is 9.37 Å². The van der Waals surface area contributed by atoms with Gasteiger partial charge in [-0.15, -0.1) is 11.3 Å². The highest BCUT2D eigenvalue weighted by Gasteiger charge is 2.17. The van der Waals surface area contributed by atoms with Gasteiger partial charge in [-0.2, -0.15) is 0 Å². The Bertz CT molecular complexity index is 1020. The van der Waals surface area contributed by atoms with Crippen molar-refractivity contribution in [2.75, 3.05) is 5.32 Å². The maximum Gasteiger partial charge on any atom is 0.268 e. The molecule has 4 nitrogen and oxygen atoms in total. The van der Waals surface area contributed by atoms with Crippen LogP contribution in [-0.4, -0.2) is 15.9 Å². The van der Waals surface area contributed by atoms with Crippen LogP contribution in [0, 0.1) is 12.7 Å². The van der Waals surface area contributed by atoms with Gasteiger partial charge >= 0.3 is 0 Å². The van der Waals surface area contributed by atoms with Gasteiger partial charge in [0.05, 0.1) is 15.9 Å². The molecule has 2 aromatic heterocycles. The summed E-state index contributed by atoms with van der Waals surface area (Å²) in [5, 5.41) is 3.54. The van der Waals surface area contributed by atoms with Crippen LogP contribution in [0.25, 0.3) is 21.1 Å². The van der Waals surface area contributed by atoms with Gasteiger partial charge in [-0.1, -0.05) is 12.1 Å². The third-order valence-corrected chi connectivity index (χ3v) is 5.00. The quantitative estimate of drug-likeness (QED) is 0.571. The molecule has 0 unspecified atom stereocenters. The van der Waals surface area contributed by atoms with Crippen molar-refractivity contribution in [3.8, 4) is 0 Å². The molecule has 0 atom stereocenters. The molecule has 23 heavy (non-hydrogen) atoms. The third kappa shape index (κ3) is 2.37. The second kappa shape index (κ2) is 5.17. The lowest BCUT2D eigenvalue weighted by atomic mass is 10.1. The summed E-state index contributed by atoms with van der Waals surface area (Å²) in [6, 6.07) is 12.1. The van der Waals surface area contributed by atoms with Crippen molar-refractivity contribution < 1.29 is 9.18 Å². The molecule has 0 spiro atoms. The number of benzene rings is 2. The number of amides is 1. The van der Waals surface area contributed by atoms with E-state index in [1.807, 2.05) is 31.2 Å². The summed E-state index contributed by atoms with van der Waals surface area (Å²) in [6.45, 7) is 1.83. The standard InChI is InChI=1S/C17H12FN3OS/c1-9-11-8-10(18)6-7-14(11)23-15(9)16(22)21-17-19-12-4-2-3-5-13(12)20-17/h2-8H,1H3,(H2,19,20,21,22). The number of imidazole rings is 1. The highest BCUT2D eigenvalue weighted by molar-refractivity contribution is 7.21. The average Bonchev–Trinajstić information content (AvgIpc) is 3.08. The molecule has 0 aliphatic carbocycles. The summed E-state index contributed by atoms with van der Waals surface area (Å²) in [5.74, 6) is -0.148. The van der Waals surface area contributed by atoms with Crippen molar-refractivity contribution >= 4 is 44.3 Å². The zero-order valence-corrected chi connectivity index (χ0v) is 13.0. The number of nitrogens with one attached hydrogen (secondary N) is 2. The number of hydrogen-bond acceptors (Lipinski definition) is 3. The Balaban J connectivity index is 1.70. The van der Waals surface area contributed by atoms with Crippen molar-refractivity contribution in [3.05, 3.63) is 58.7 Å². The number of H-pyrrole nitrogens is 1. The maximum atomic E-state index is 13.4. The molecule has 0 aliphatic heterocycles. The number of rotatable bonds is 2. The van der Waals surface area contributed by atoms with E-state index in [9.17, 15) is 9.18 Å². The Labute approximate surface area is 135 Å². The predicted molar refractivity (Wildman–Crippen MR) is 90.6 cm³/mol. The van der Waals surface area contributed by atoms with Crippen LogP contribution in [-0.2, 0) is 0 Å². The molecule has 0 bridgehead atoms. The van der Waals surface area contributed by atoms with Gasteiger partial charge in [-0.3, -0.25) is 10.1 Å². The summed E-state index contributed by atoms with van der Waals surface area (Å²) in [5.41, 5.74) is 2.42. The predicted octanol–water partition coefficient (Wildman–Crippen LogP) is 4.48. The molecule has 4 aromatic rings. The van der Waals surface area contributed by atoms with Gasteiger partial charge in [0, 0.05) is 4.70 Å². The zero-order chi connectivity index (χ0) is 16.0. The van der Waals surface area contributed by atoms with E-state index in [-0.39, 0.29) is 11.7 Å². The Morgan fingerprint density at radius 2 is 2.09 bits per heavy atom. The number of aromatic amines is 1. The monoisotopic (exact) mass is 325 g/mol. The van der Waals surface area contributed by atoms with Gasteiger partial charge in [0.15, 0.2) is 0 Å². The first kappa shape index (κ1) is 13.9. The van der Waals surface area contributed by atoms with Crippen molar-refractivity contribution in [1.82, 2.24) is 9.97 Å². The number of nitrogens with zero attached hydrogens (tertiary/aromatic N) is 1. The highest BCUT2D eigenvalue weighted by atomic mass is 32.1. The Hall–Kier alpha value is -2.73. The minimum atomic E-state index is -0.303. The lowest BCUT2D eigenvalue weighted by Gasteiger charge is -2.00. The Morgan fingerprint density at radius 3 is 2.91 bits per heavy atom. The number of carbonyl (C=O) groups excluding carboxylic acids is 1. The molecule has 0 radical (unpaired) electrons. The molecule has 1 amide bonds. The lowest BCUT2D eigenvalue weighted by molar-refractivity contribution is 0.102. The molecular weight excluding hydrogens is 313 g/mol. The number of para-hydroxylation sites is 2. The normalized spacial score (nSPS) is 11.2. The molecular formula is C17H12FN3OS. The van der Waals surface area contributed by atoms with Crippen molar-refractivity contribution in [3.63, 3.8) is 0 Å². The van der Waals surface area contributed by atoms with Crippen LogP contribution in [0.4, 0.5) is 10.3 Å². The minimum absolute atomic E-state index is 0.247. The molecule has 114 valence electrons. The number of carbonyl (C=O) groups is 1. The number of anilines is 1. The Kier molecular flexibility index (Phi) is 3.12. The lowest BCUT2D eigenvalue weighted by Crippen LogP contribution is -2.12. The summed E-state index contributed by atoms with van der Waals surface area (Å²) >= 11 is 1.35. The van der Waals surface area contributed by atoms with E-state index in [4.69, 9.17) is 0 Å². The van der Waals surface area contributed by atoms with Crippen LogP contribution in [0.3, 0.4) is 0 Å². The van der Waals surface area contributed by atoms with Crippen molar-refractivity contribution in [2.45, 2.75) is 6.92 Å². The van der Waals surface area contributed by atoms with Crippen molar-refractivity contribution in [1.29, 1.82) is 0 Å². The SMILES string of the molecule is Cc1c(C(=O)Nc2nc3ccccc3[nH]2)sc2ccc(F)cc12. The number of fused-ring (bicyclic) bond motifs is 2. The number of aromatic nitrogens is 2. The molecule has 2 aromatic carbocycles. The largest absolute Gasteiger partial charge is 0.324 e. The van der Waals surface area contributed by atoms with Crippen LogP contribution in [0.15, 0.2) is 42.5 Å². The molecule has 2 N–H and O–H groups in total. The second-order valence-corrected chi connectivity index (χ2v) is 6.31. The molecule has 0 saturated carbocycles. The first-order chi connectivity index (χ1) is 11.1. The fourth-order valence-electron chi connectivity index (χ4n) is 2.59. The van der Waals surface area contributed by atoms with E-state index in [0.29, 0.717) is 10.8 Å². The Morgan fingerprint density at radius 1 is 1.26 bits per heavy atom. The topological polar surface area (TPSA) is 57.8 Å². The van der Waals surface area contributed by atoms with Gasteiger partial charge in [0.25, 0.3) is 5.91 Å². The van der Waals surface area contributed by atoms with Crippen LogP contribution in [0.1, 0.15) is 15.2 Å². The van der Waals surface area contributed by atoms with Gasteiger partial charge in [0.1, 0.15) is 5.82 Å². The summed E-state index contributed by atoms with van der Waals surface area (Å²) in [6.07, 6.45) is 0. The molecule has 0 aliphatic rings. The number of halogens is 1. The zero-order valence-electron chi connectivity index (χ0n) is 12.2. The molecule has 0 saturated heterocycles. The van der Waals surface area contributed by atoms with Crippen LogP contribution >= 0.6 is 11.3 Å². The van der Waals surface area contributed by atoms with E-state index in [0.717, 1.165) is 26.7 Å². The number of aryl methyl sites for hydroxylation is 1. The third-order valence-electron chi connectivity index (χ3n) is 3.73. The second-order valence-electron chi connectivity index (χ2n) is 5.25. The summed E-state index contributed by atoms with van der Waals surface area (Å²) in [4.78, 5) is 20.5. The van der Waals surface area contributed by atoms with Crippen LogP contribution < -0.4 is 5.32 Å². The summed E-state index contributed by atoms with van der Waals surface area (Å²) < 4.78 is 14.3. The fourth-order valence-corrected chi connectivity index (χ4v) is 3.67. The molecule has 6 heteroatoms. The van der Waals surface area contributed by atoms with Crippen LogP contribution in [0.5, 0.6) is 0 Å². The van der Waals surface area contributed by atoms with E-state index < -0.39 is 0 Å². The smallest absolute Gasteiger partial charge is 0.268 e. The minimum Gasteiger partial charge on any atom is -0.324 e. The van der Waals surface area contributed by atoms with E-state index in [1.165, 1.54) is 23.5 Å². The highest BCUT2D eigenvalue weighted by Crippen LogP contribution is 2.31. The van der Waals surface area contributed by atoms with E-state index in [1.54, 1.807) is 6.07 Å². The van der Waals surface area contributed by atoms with Gasteiger partial charge in [0.2, 0.25) is 5.95 Å². The number of thiophene rings is 1. The van der Waals surface area contributed by atoms with Crippen molar-refractivity contribution in [2.24, 2.45) is 0 Å². The van der Waals surface area contributed by atoms with E-state index >= 15 is 0 Å². The average molecular weight is 325 g/mol. The van der Waals surface area contributed by atoms with Crippen LogP contribution in [0.2, 0.25) is 0 Å². The van der Waals surface area contributed by atoms with E-state index in [2.05, 4.69) is 15.3 Å². The first-order valence-corrected chi connectivity index (χ1v) is 7.88. The molecule has 0 fully saturated rings. The number of hydrogen-bond donors (Lipinski definition) is 2. The maximum absolute atomic E-state index is 13.4. The molecule has 2 heterocycles. The first-order valence-electron chi connectivity index (χ1n) is 7.06. The fraction of sp³-hybridized carbons (Fsp3) is 0.0588. The summed E-state index contributed by atoms with van der Waals surface area (Å²) in [7, 11) is 0. The molecule has 4 rings (SSSR count). The van der Waals surface area contributed by atoms with Gasteiger partial charge in [-0.05, 0) is 48.2 Å².